The molecule has 4 nitrogen and oxygen atoms in total. The van der Waals surface area contributed by atoms with Crippen molar-refractivity contribution >= 4 is 11.9 Å². The van der Waals surface area contributed by atoms with E-state index in [0.29, 0.717) is 25.1 Å². The quantitative estimate of drug-likeness (QED) is 0.558. The average Bonchev–Trinajstić information content (AvgIpc) is 2.61. The Hall–Kier alpha value is -1.32. The third-order valence-electron chi connectivity index (χ3n) is 2.36. The van der Waals surface area contributed by atoms with Gasteiger partial charge in [0.05, 0.1) is 12.5 Å². The van der Waals surface area contributed by atoms with Crippen molar-refractivity contribution in [1.29, 1.82) is 0 Å². The molecular formula is C11H17NO3. The van der Waals surface area contributed by atoms with E-state index in [2.05, 4.69) is 5.32 Å². The van der Waals surface area contributed by atoms with Gasteiger partial charge in [0.25, 0.3) is 0 Å². The Morgan fingerprint density at radius 3 is 2.80 bits per heavy atom. The molecule has 1 rings (SSSR count). The highest BCUT2D eigenvalue weighted by atomic mass is 16.5. The van der Waals surface area contributed by atoms with Gasteiger partial charge in [0.2, 0.25) is 5.91 Å². The van der Waals surface area contributed by atoms with E-state index in [4.69, 9.17) is 4.74 Å². The van der Waals surface area contributed by atoms with E-state index < -0.39 is 0 Å². The number of carbonyl (C=O) groups is 2. The number of amides is 1. The fourth-order valence-electron chi connectivity index (χ4n) is 1.69. The molecule has 4 heteroatoms. The van der Waals surface area contributed by atoms with E-state index in [1.807, 2.05) is 6.92 Å². The minimum absolute atomic E-state index is 0.0669. The van der Waals surface area contributed by atoms with E-state index >= 15 is 0 Å². The second kappa shape index (κ2) is 5.53. The van der Waals surface area contributed by atoms with Crippen LogP contribution in [-0.2, 0) is 14.3 Å². The molecule has 0 aromatic carbocycles. The van der Waals surface area contributed by atoms with Gasteiger partial charge in [-0.1, -0.05) is 13.0 Å². The van der Waals surface area contributed by atoms with E-state index in [9.17, 15) is 9.59 Å². The van der Waals surface area contributed by atoms with E-state index in [1.54, 1.807) is 13.0 Å². The zero-order chi connectivity index (χ0) is 11.3. The van der Waals surface area contributed by atoms with Crippen LogP contribution in [0.25, 0.3) is 0 Å². The Labute approximate surface area is 89.7 Å². The van der Waals surface area contributed by atoms with Crippen LogP contribution in [0.2, 0.25) is 0 Å². The number of hydrogen-bond donors (Lipinski definition) is 1. The summed E-state index contributed by atoms with van der Waals surface area (Å²) < 4.78 is 4.93. The fourth-order valence-corrected chi connectivity index (χ4v) is 1.69. The van der Waals surface area contributed by atoms with Crippen LogP contribution in [0.1, 0.15) is 26.7 Å². The number of nitrogens with one attached hydrogen (secondary N) is 1. The van der Waals surface area contributed by atoms with Crippen LogP contribution >= 0.6 is 0 Å². The molecule has 0 unspecified atom stereocenters. The van der Waals surface area contributed by atoms with Crippen LogP contribution in [0.4, 0.5) is 0 Å². The van der Waals surface area contributed by atoms with Crippen LogP contribution in [0.3, 0.4) is 0 Å². The lowest BCUT2D eigenvalue weighted by Crippen LogP contribution is -2.24. The van der Waals surface area contributed by atoms with Gasteiger partial charge in [0.15, 0.2) is 0 Å². The van der Waals surface area contributed by atoms with Gasteiger partial charge in [-0.15, -0.1) is 0 Å². The Balaban J connectivity index is 2.78. The Morgan fingerprint density at radius 2 is 2.33 bits per heavy atom. The lowest BCUT2D eigenvalue weighted by Gasteiger charge is -2.11. The molecule has 0 spiro atoms. The van der Waals surface area contributed by atoms with Gasteiger partial charge >= 0.3 is 5.97 Å². The van der Waals surface area contributed by atoms with E-state index in [0.717, 1.165) is 6.42 Å². The van der Waals surface area contributed by atoms with Crippen LogP contribution in [0, 0.1) is 5.92 Å². The molecule has 0 aromatic heterocycles. The maximum absolute atomic E-state index is 11.6. The number of allylic oxidation sites excluding steroid dienone is 1. The molecule has 84 valence electrons. The van der Waals surface area contributed by atoms with Crippen LogP contribution in [-0.4, -0.2) is 25.0 Å². The van der Waals surface area contributed by atoms with Gasteiger partial charge in [0, 0.05) is 12.1 Å². The molecule has 1 atom stereocenters. The molecule has 0 bridgehead atoms. The predicted molar refractivity (Wildman–Crippen MR) is 56.1 cm³/mol. The number of carbonyl (C=O) groups excluding carboxylic acids is 2. The molecule has 1 amide bonds. The first-order chi connectivity index (χ1) is 7.20. The summed E-state index contributed by atoms with van der Waals surface area (Å²) in [5, 5.41) is 2.72. The zero-order valence-electron chi connectivity index (χ0n) is 9.21. The maximum atomic E-state index is 11.6. The summed E-state index contributed by atoms with van der Waals surface area (Å²) >= 11 is 0. The molecule has 1 N–H and O–H groups in total. The summed E-state index contributed by atoms with van der Waals surface area (Å²) in [6.07, 6.45) is 3.20. The highest BCUT2D eigenvalue weighted by Crippen LogP contribution is 2.21. The van der Waals surface area contributed by atoms with Crippen LogP contribution < -0.4 is 5.32 Å². The first-order valence-electron chi connectivity index (χ1n) is 5.35. The molecule has 1 fully saturated rings. The molecule has 0 saturated carbocycles. The lowest BCUT2D eigenvalue weighted by atomic mass is 9.96. The fraction of sp³-hybridized carbons (Fsp3) is 0.636. The van der Waals surface area contributed by atoms with Crippen molar-refractivity contribution in [2.24, 2.45) is 5.92 Å². The number of esters is 1. The largest absolute Gasteiger partial charge is 0.463 e. The van der Waals surface area contributed by atoms with Gasteiger partial charge in [-0.2, -0.15) is 0 Å². The molecule has 1 saturated heterocycles. The Morgan fingerprint density at radius 1 is 1.60 bits per heavy atom. The topological polar surface area (TPSA) is 55.4 Å². The highest BCUT2D eigenvalue weighted by Gasteiger charge is 2.31. The van der Waals surface area contributed by atoms with E-state index in [-0.39, 0.29) is 17.8 Å². The minimum Gasteiger partial charge on any atom is -0.463 e. The first-order valence-corrected chi connectivity index (χ1v) is 5.35. The molecule has 0 radical (unpaired) electrons. The molecule has 0 aliphatic carbocycles. The number of ether oxygens (including phenoxy) is 1. The SMILES string of the molecule is CCC=C(C(=O)OCC)[C@@H]1CCNC1=O. The average molecular weight is 211 g/mol. The second-order valence-electron chi connectivity index (χ2n) is 3.42. The summed E-state index contributed by atoms with van der Waals surface area (Å²) in [6, 6.07) is 0. The second-order valence-corrected chi connectivity index (χ2v) is 3.42. The monoisotopic (exact) mass is 211 g/mol. The summed E-state index contributed by atoms with van der Waals surface area (Å²) in [7, 11) is 0. The molecule has 1 aliphatic heterocycles. The number of hydrogen-bond acceptors (Lipinski definition) is 3. The van der Waals surface area contributed by atoms with E-state index in [1.165, 1.54) is 0 Å². The Bertz CT molecular complexity index is 284. The van der Waals surface area contributed by atoms with Crippen LogP contribution in [0.15, 0.2) is 11.6 Å². The van der Waals surface area contributed by atoms with Crippen molar-refractivity contribution in [2.45, 2.75) is 26.7 Å². The van der Waals surface area contributed by atoms with Crippen molar-refractivity contribution < 1.29 is 14.3 Å². The molecule has 0 aromatic rings. The summed E-state index contributed by atoms with van der Waals surface area (Å²) in [5.41, 5.74) is 0.509. The van der Waals surface area contributed by atoms with Gasteiger partial charge in [-0.05, 0) is 19.8 Å². The highest BCUT2D eigenvalue weighted by molar-refractivity contribution is 5.97. The molecular weight excluding hydrogens is 194 g/mol. The summed E-state index contributed by atoms with van der Waals surface area (Å²) in [4.78, 5) is 23.0. The molecule has 15 heavy (non-hydrogen) atoms. The van der Waals surface area contributed by atoms with Crippen LogP contribution in [0.5, 0.6) is 0 Å². The maximum Gasteiger partial charge on any atom is 0.334 e. The predicted octanol–water partition coefficient (Wildman–Crippen LogP) is 1.02. The standard InChI is InChI=1S/C11H17NO3/c1-3-5-9(11(14)15-4-2)8-6-7-12-10(8)13/h5,8H,3-4,6-7H2,1-2H3,(H,12,13)/t8-/m0/s1. The van der Waals surface area contributed by atoms with Gasteiger partial charge in [-0.3, -0.25) is 4.79 Å². The molecule has 1 aliphatic rings. The third-order valence-corrected chi connectivity index (χ3v) is 2.36. The van der Waals surface area contributed by atoms with Gasteiger partial charge in [-0.25, -0.2) is 4.79 Å². The smallest absolute Gasteiger partial charge is 0.334 e. The van der Waals surface area contributed by atoms with Crippen molar-refractivity contribution in [2.75, 3.05) is 13.2 Å². The summed E-state index contributed by atoms with van der Waals surface area (Å²) in [6.45, 7) is 4.68. The third kappa shape index (κ3) is 2.81. The first kappa shape index (κ1) is 11.8. The Kier molecular flexibility index (Phi) is 4.34. The van der Waals surface area contributed by atoms with Crippen molar-refractivity contribution in [1.82, 2.24) is 5.32 Å². The number of rotatable bonds is 4. The zero-order valence-corrected chi connectivity index (χ0v) is 9.21. The molecule has 1 heterocycles. The lowest BCUT2D eigenvalue weighted by molar-refractivity contribution is -0.140. The normalized spacial score (nSPS) is 21.3. The van der Waals surface area contributed by atoms with Crippen molar-refractivity contribution in [3.05, 3.63) is 11.6 Å². The van der Waals surface area contributed by atoms with Crippen molar-refractivity contribution in [3.63, 3.8) is 0 Å². The summed E-state index contributed by atoms with van der Waals surface area (Å²) in [5.74, 6) is -0.742. The minimum atomic E-state index is -0.360. The van der Waals surface area contributed by atoms with Gasteiger partial charge in [0.1, 0.15) is 0 Å². The van der Waals surface area contributed by atoms with Gasteiger partial charge < -0.3 is 10.1 Å². The van der Waals surface area contributed by atoms with Crippen molar-refractivity contribution in [3.8, 4) is 0 Å².